The van der Waals surface area contributed by atoms with Crippen LogP contribution in [0.4, 0.5) is 0 Å². The smallest absolute Gasteiger partial charge is 0.139 e. The zero-order valence-corrected chi connectivity index (χ0v) is 14.8. The van der Waals surface area contributed by atoms with Crippen LogP contribution in [0.15, 0.2) is 0 Å². The van der Waals surface area contributed by atoms with Crippen molar-refractivity contribution >= 4 is 11.6 Å². The number of hydrogen-bond donors (Lipinski definition) is 1. The van der Waals surface area contributed by atoms with Gasteiger partial charge in [0.1, 0.15) is 11.6 Å². The number of terminal acetylenes is 1. The highest BCUT2D eigenvalue weighted by atomic mass is 16.3. The van der Waals surface area contributed by atoms with Crippen LogP contribution in [0.3, 0.4) is 0 Å². The van der Waals surface area contributed by atoms with Gasteiger partial charge in [0.2, 0.25) is 0 Å². The molecule has 130 valence electrons. The quantitative estimate of drug-likeness (QED) is 0.696. The molecular weight excluding hydrogens is 300 g/mol. The van der Waals surface area contributed by atoms with Crippen molar-refractivity contribution in [3.05, 3.63) is 0 Å². The van der Waals surface area contributed by atoms with Gasteiger partial charge in [0.05, 0.1) is 6.10 Å². The van der Waals surface area contributed by atoms with Crippen LogP contribution in [-0.4, -0.2) is 22.8 Å². The summed E-state index contributed by atoms with van der Waals surface area (Å²) in [5, 5.41) is 10.5. The first-order valence-corrected chi connectivity index (χ1v) is 9.51. The minimum absolute atomic E-state index is 0.0156. The Hall–Kier alpha value is -1.14. The Labute approximate surface area is 144 Å². The van der Waals surface area contributed by atoms with E-state index in [1.807, 2.05) is 0 Å². The van der Waals surface area contributed by atoms with Gasteiger partial charge in [0, 0.05) is 30.1 Å². The van der Waals surface area contributed by atoms with Gasteiger partial charge >= 0.3 is 0 Å². The van der Waals surface area contributed by atoms with E-state index in [1.54, 1.807) is 0 Å². The van der Waals surface area contributed by atoms with Crippen molar-refractivity contribution in [3.63, 3.8) is 0 Å². The van der Waals surface area contributed by atoms with E-state index in [2.05, 4.69) is 19.8 Å². The van der Waals surface area contributed by atoms with Crippen LogP contribution in [0.25, 0.3) is 0 Å². The van der Waals surface area contributed by atoms with E-state index in [9.17, 15) is 14.7 Å². The van der Waals surface area contributed by atoms with Gasteiger partial charge in [-0.1, -0.05) is 13.8 Å². The summed E-state index contributed by atoms with van der Waals surface area (Å²) in [6.07, 6.45) is 10.6. The van der Waals surface area contributed by atoms with Crippen molar-refractivity contribution in [1.29, 1.82) is 0 Å². The second-order valence-corrected chi connectivity index (χ2v) is 9.31. The molecule has 0 aromatic heterocycles. The van der Waals surface area contributed by atoms with E-state index in [0.717, 1.165) is 25.7 Å². The normalized spacial score (nSPS) is 53.8. The lowest BCUT2D eigenvalue weighted by Gasteiger charge is -2.59. The molecule has 0 amide bonds. The molecule has 0 aromatic rings. The first kappa shape index (κ1) is 16.3. The molecule has 24 heavy (non-hydrogen) atoms. The number of carbonyl (C=O) groups is 2. The van der Waals surface area contributed by atoms with Gasteiger partial charge in [-0.15, -0.1) is 12.3 Å². The minimum Gasteiger partial charge on any atom is -0.392 e. The molecule has 0 heterocycles. The lowest BCUT2D eigenvalue weighted by Crippen LogP contribution is -2.58. The Morgan fingerprint density at radius 3 is 2.67 bits per heavy atom. The predicted molar refractivity (Wildman–Crippen MR) is 90.8 cm³/mol. The highest BCUT2D eigenvalue weighted by Crippen LogP contribution is 2.64. The van der Waals surface area contributed by atoms with E-state index in [0.29, 0.717) is 36.7 Å². The van der Waals surface area contributed by atoms with Crippen LogP contribution in [0, 0.1) is 52.8 Å². The molecule has 0 saturated heterocycles. The second-order valence-electron chi connectivity index (χ2n) is 9.31. The largest absolute Gasteiger partial charge is 0.392 e. The van der Waals surface area contributed by atoms with Crippen LogP contribution in [0.2, 0.25) is 0 Å². The van der Waals surface area contributed by atoms with Crippen molar-refractivity contribution in [3.8, 4) is 12.3 Å². The van der Waals surface area contributed by atoms with E-state index in [-0.39, 0.29) is 34.5 Å². The lowest BCUT2D eigenvalue weighted by atomic mass is 9.44. The Bertz CT molecular complexity index is 631. The van der Waals surface area contributed by atoms with Crippen molar-refractivity contribution in [2.75, 3.05) is 0 Å². The molecular formula is C21H28O3. The van der Waals surface area contributed by atoms with Gasteiger partial charge in [-0.2, -0.15) is 0 Å². The highest BCUT2D eigenvalue weighted by molar-refractivity contribution is 5.90. The van der Waals surface area contributed by atoms with E-state index in [4.69, 9.17) is 6.42 Å². The van der Waals surface area contributed by atoms with Crippen molar-refractivity contribution in [2.45, 2.75) is 64.9 Å². The van der Waals surface area contributed by atoms with Crippen LogP contribution in [-0.2, 0) is 9.59 Å². The third-order valence-corrected chi connectivity index (χ3v) is 8.44. The molecule has 4 rings (SSSR count). The summed E-state index contributed by atoms with van der Waals surface area (Å²) in [7, 11) is 0. The number of fused-ring (bicyclic) bond motifs is 5. The second kappa shape index (κ2) is 5.18. The lowest BCUT2D eigenvalue weighted by molar-refractivity contribution is -0.164. The first-order valence-electron chi connectivity index (χ1n) is 9.51. The third kappa shape index (κ3) is 1.96. The van der Waals surface area contributed by atoms with E-state index < -0.39 is 6.10 Å². The summed E-state index contributed by atoms with van der Waals surface area (Å²) in [6, 6.07) is 0. The van der Waals surface area contributed by atoms with Crippen molar-refractivity contribution in [2.24, 2.45) is 40.4 Å². The molecule has 4 aliphatic carbocycles. The van der Waals surface area contributed by atoms with Crippen LogP contribution in [0.1, 0.15) is 58.8 Å². The number of Topliss-reactive ketones (excluding diaryl/α,β-unsaturated/α-hetero) is 2. The van der Waals surface area contributed by atoms with Gasteiger partial charge in [-0.3, -0.25) is 9.59 Å². The molecule has 8 atom stereocenters. The van der Waals surface area contributed by atoms with Gasteiger partial charge in [-0.25, -0.2) is 0 Å². The fraction of sp³-hybridized carbons (Fsp3) is 0.810. The fourth-order valence-corrected chi connectivity index (χ4v) is 6.92. The molecule has 5 unspecified atom stereocenters. The predicted octanol–water partition coefficient (Wildman–Crippen LogP) is 3.00. The van der Waals surface area contributed by atoms with Gasteiger partial charge in [0.25, 0.3) is 0 Å². The van der Waals surface area contributed by atoms with Crippen LogP contribution in [0.5, 0.6) is 0 Å². The molecule has 0 aliphatic heterocycles. The Balaban J connectivity index is 1.70. The summed E-state index contributed by atoms with van der Waals surface area (Å²) in [5.74, 6) is 4.18. The molecule has 0 spiro atoms. The fourth-order valence-electron chi connectivity index (χ4n) is 6.92. The average Bonchev–Trinajstić information content (AvgIpc) is 2.83. The van der Waals surface area contributed by atoms with Crippen LogP contribution >= 0.6 is 0 Å². The van der Waals surface area contributed by atoms with Gasteiger partial charge in [-0.05, 0) is 55.3 Å². The number of aliphatic hydroxyl groups excluding tert-OH is 1. The van der Waals surface area contributed by atoms with E-state index >= 15 is 0 Å². The molecule has 3 heteroatoms. The number of ketones is 2. The SMILES string of the molecule is C#CC1C[C@@H]2CC(=O)C3C4CCC(=O)[C@@]4(C)CCC3[C@@]2(C)CC1O. The monoisotopic (exact) mass is 328 g/mol. The minimum atomic E-state index is -0.455. The first-order chi connectivity index (χ1) is 11.3. The van der Waals surface area contributed by atoms with Gasteiger partial charge in [0.15, 0.2) is 0 Å². The van der Waals surface area contributed by atoms with Crippen molar-refractivity contribution in [1.82, 2.24) is 0 Å². The summed E-state index contributed by atoms with van der Waals surface area (Å²) >= 11 is 0. The summed E-state index contributed by atoms with van der Waals surface area (Å²) in [5.41, 5.74) is -0.299. The molecule has 4 saturated carbocycles. The Kier molecular flexibility index (Phi) is 3.52. The third-order valence-electron chi connectivity index (χ3n) is 8.44. The molecule has 0 bridgehead atoms. The average molecular weight is 328 g/mol. The standard InChI is InChI=1S/C21H28O3/c1-4-12-9-13-10-16(22)19-14-5-6-18(24)20(14,2)8-7-15(19)21(13,3)11-17(12)23/h1,12-15,17,19,23H,5-11H2,2-3H3/t12?,13-,14?,15?,17?,19?,20+,21+/m1/s1. The maximum Gasteiger partial charge on any atom is 0.139 e. The van der Waals surface area contributed by atoms with Gasteiger partial charge < -0.3 is 5.11 Å². The molecule has 4 aliphatic rings. The molecule has 0 aromatic carbocycles. The Morgan fingerprint density at radius 1 is 1.21 bits per heavy atom. The Morgan fingerprint density at radius 2 is 1.96 bits per heavy atom. The van der Waals surface area contributed by atoms with Crippen LogP contribution < -0.4 is 0 Å². The highest BCUT2D eigenvalue weighted by Gasteiger charge is 2.63. The summed E-state index contributed by atoms with van der Waals surface area (Å²) in [6.45, 7) is 4.37. The molecule has 4 fully saturated rings. The maximum absolute atomic E-state index is 13.1. The number of rotatable bonds is 0. The maximum atomic E-state index is 13.1. The molecule has 1 N–H and O–H groups in total. The number of carbonyl (C=O) groups excluding carboxylic acids is 2. The molecule has 0 radical (unpaired) electrons. The molecule has 3 nitrogen and oxygen atoms in total. The summed E-state index contributed by atoms with van der Waals surface area (Å²) < 4.78 is 0. The number of aliphatic hydroxyl groups is 1. The summed E-state index contributed by atoms with van der Waals surface area (Å²) in [4.78, 5) is 25.5. The van der Waals surface area contributed by atoms with Crippen molar-refractivity contribution < 1.29 is 14.7 Å². The zero-order chi connectivity index (χ0) is 17.3. The number of hydrogen-bond acceptors (Lipinski definition) is 3. The zero-order valence-electron chi connectivity index (χ0n) is 14.8. The van der Waals surface area contributed by atoms with E-state index in [1.165, 1.54) is 0 Å². The topological polar surface area (TPSA) is 54.4 Å².